The van der Waals surface area contributed by atoms with Gasteiger partial charge < -0.3 is 19.5 Å². The van der Waals surface area contributed by atoms with E-state index in [9.17, 15) is 9.59 Å². The van der Waals surface area contributed by atoms with Gasteiger partial charge in [-0.2, -0.15) is 0 Å². The van der Waals surface area contributed by atoms with Crippen LogP contribution in [0.25, 0.3) is 0 Å². The summed E-state index contributed by atoms with van der Waals surface area (Å²) in [5, 5.41) is 2.92. The molecule has 1 aliphatic heterocycles. The van der Waals surface area contributed by atoms with Gasteiger partial charge in [-0.15, -0.1) is 0 Å². The number of amides is 1. The van der Waals surface area contributed by atoms with E-state index in [-0.39, 0.29) is 18.3 Å². The first-order chi connectivity index (χ1) is 13.1. The molecule has 3 rings (SSSR count). The average molecular weight is 369 g/mol. The predicted molar refractivity (Wildman–Crippen MR) is 99.6 cm³/mol. The van der Waals surface area contributed by atoms with E-state index in [4.69, 9.17) is 14.2 Å². The van der Waals surface area contributed by atoms with Crippen LogP contribution in [0.5, 0.6) is 11.5 Å². The van der Waals surface area contributed by atoms with E-state index in [1.165, 1.54) is 7.11 Å². The Kier molecular flexibility index (Phi) is 5.96. The van der Waals surface area contributed by atoms with Crippen molar-refractivity contribution in [3.05, 3.63) is 59.7 Å². The number of ether oxygens (including phenoxy) is 3. The predicted octanol–water partition coefficient (Wildman–Crippen LogP) is 2.67. The SMILES string of the molecule is COc1ccc(C2OC(=O)CC2C(=O)NCCc2ccccc2)cc1OC. The highest BCUT2D eigenvalue weighted by Crippen LogP contribution is 2.39. The highest BCUT2D eigenvalue weighted by Gasteiger charge is 2.41. The van der Waals surface area contributed by atoms with E-state index < -0.39 is 12.0 Å². The maximum atomic E-state index is 12.6. The third-order valence-corrected chi connectivity index (χ3v) is 4.64. The van der Waals surface area contributed by atoms with Gasteiger partial charge in [0.15, 0.2) is 11.5 Å². The van der Waals surface area contributed by atoms with Gasteiger partial charge in [-0.3, -0.25) is 9.59 Å². The monoisotopic (exact) mass is 369 g/mol. The molecule has 6 heteroatoms. The summed E-state index contributed by atoms with van der Waals surface area (Å²) in [6.45, 7) is 0.506. The van der Waals surface area contributed by atoms with Gasteiger partial charge in [0.2, 0.25) is 5.91 Å². The van der Waals surface area contributed by atoms with Gasteiger partial charge in [0, 0.05) is 6.54 Å². The molecule has 1 aliphatic rings. The van der Waals surface area contributed by atoms with Gasteiger partial charge in [-0.05, 0) is 29.7 Å². The Morgan fingerprint density at radius 3 is 2.56 bits per heavy atom. The van der Waals surface area contributed by atoms with Gasteiger partial charge in [0.25, 0.3) is 0 Å². The van der Waals surface area contributed by atoms with Crippen molar-refractivity contribution >= 4 is 11.9 Å². The van der Waals surface area contributed by atoms with Crippen LogP contribution >= 0.6 is 0 Å². The Hall–Kier alpha value is -3.02. The molecule has 1 heterocycles. The van der Waals surface area contributed by atoms with Crippen LogP contribution in [0.3, 0.4) is 0 Å². The molecule has 2 atom stereocenters. The number of cyclic esters (lactones) is 1. The molecular formula is C21H23NO5. The van der Waals surface area contributed by atoms with E-state index in [1.54, 1.807) is 25.3 Å². The maximum Gasteiger partial charge on any atom is 0.307 e. The van der Waals surface area contributed by atoms with Gasteiger partial charge in [-0.1, -0.05) is 36.4 Å². The van der Waals surface area contributed by atoms with Crippen molar-refractivity contribution in [1.29, 1.82) is 0 Å². The average Bonchev–Trinajstić information content (AvgIpc) is 3.10. The smallest absolute Gasteiger partial charge is 0.307 e. The lowest BCUT2D eigenvalue weighted by Gasteiger charge is -2.19. The van der Waals surface area contributed by atoms with Crippen molar-refractivity contribution in [3.8, 4) is 11.5 Å². The second-order valence-electron chi connectivity index (χ2n) is 6.36. The number of methoxy groups -OCH3 is 2. The second-order valence-corrected chi connectivity index (χ2v) is 6.36. The first kappa shape index (κ1) is 18.8. The van der Waals surface area contributed by atoms with Crippen molar-refractivity contribution in [2.75, 3.05) is 20.8 Å². The van der Waals surface area contributed by atoms with Gasteiger partial charge >= 0.3 is 5.97 Å². The minimum Gasteiger partial charge on any atom is -0.493 e. The number of hydrogen-bond donors (Lipinski definition) is 1. The number of esters is 1. The number of nitrogens with one attached hydrogen (secondary N) is 1. The summed E-state index contributed by atoms with van der Waals surface area (Å²) in [4.78, 5) is 24.5. The zero-order chi connectivity index (χ0) is 19.2. The Labute approximate surface area is 158 Å². The number of rotatable bonds is 7. The van der Waals surface area contributed by atoms with E-state index in [0.717, 1.165) is 12.0 Å². The summed E-state index contributed by atoms with van der Waals surface area (Å²) < 4.78 is 16.0. The first-order valence-electron chi connectivity index (χ1n) is 8.85. The first-order valence-corrected chi connectivity index (χ1v) is 8.85. The lowest BCUT2D eigenvalue weighted by molar-refractivity contribution is -0.141. The summed E-state index contributed by atoms with van der Waals surface area (Å²) in [5.41, 5.74) is 1.86. The van der Waals surface area contributed by atoms with Gasteiger partial charge in [-0.25, -0.2) is 0 Å². The van der Waals surface area contributed by atoms with Crippen LogP contribution < -0.4 is 14.8 Å². The fourth-order valence-corrected chi connectivity index (χ4v) is 3.22. The summed E-state index contributed by atoms with van der Waals surface area (Å²) >= 11 is 0. The highest BCUT2D eigenvalue weighted by atomic mass is 16.6. The second kappa shape index (κ2) is 8.58. The minimum atomic E-state index is -0.631. The van der Waals surface area contributed by atoms with E-state index in [2.05, 4.69) is 5.32 Å². The van der Waals surface area contributed by atoms with Gasteiger partial charge in [0.05, 0.1) is 26.6 Å². The molecule has 1 fully saturated rings. The third-order valence-electron chi connectivity index (χ3n) is 4.64. The molecular weight excluding hydrogens is 346 g/mol. The summed E-state index contributed by atoms with van der Waals surface area (Å²) in [7, 11) is 3.09. The van der Waals surface area contributed by atoms with E-state index in [0.29, 0.717) is 23.6 Å². The molecule has 6 nitrogen and oxygen atoms in total. The molecule has 142 valence electrons. The molecule has 0 radical (unpaired) electrons. The van der Waals surface area contributed by atoms with Gasteiger partial charge in [0.1, 0.15) is 6.10 Å². The van der Waals surface area contributed by atoms with Crippen LogP contribution in [0.1, 0.15) is 23.7 Å². The molecule has 0 spiro atoms. The van der Waals surface area contributed by atoms with Crippen molar-refractivity contribution in [2.24, 2.45) is 5.92 Å². The number of benzene rings is 2. The lowest BCUT2D eigenvalue weighted by Crippen LogP contribution is -2.33. The van der Waals surface area contributed by atoms with Crippen LogP contribution in [0, 0.1) is 5.92 Å². The van der Waals surface area contributed by atoms with Crippen molar-refractivity contribution in [3.63, 3.8) is 0 Å². The minimum absolute atomic E-state index is 0.0657. The standard InChI is InChI=1S/C21H23NO5/c1-25-17-9-8-15(12-18(17)26-2)20-16(13-19(23)27-20)21(24)22-11-10-14-6-4-3-5-7-14/h3-9,12,16,20H,10-11,13H2,1-2H3,(H,22,24). The van der Waals surface area contributed by atoms with Crippen LogP contribution in [-0.2, 0) is 20.7 Å². The molecule has 2 aromatic carbocycles. The molecule has 27 heavy (non-hydrogen) atoms. The molecule has 0 saturated carbocycles. The fraction of sp³-hybridized carbons (Fsp3) is 0.333. The van der Waals surface area contributed by atoms with Crippen LogP contribution in [-0.4, -0.2) is 32.6 Å². The molecule has 1 N–H and O–H groups in total. The Balaban J connectivity index is 1.68. The number of carbonyl (C=O) groups is 2. The number of hydrogen-bond acceptors (Lipinski definition) is 5. The molecule has 0 bridgehead atoms. The lowest BCUT2D eigenvalue weighted by atomic mass is 9.94. The van der Waals surface area contributed by atoms with Crippen LogP contribution in [0.15, 0.2) is 48.5 Å². The van der Waals surface area contributed by atoms with Crippen molar-refractivity contribution in [2.45, 2.75) is 18.9 Å². The topological polar surface area (TPSA) is 73.9 Å². The number of carbonyl (C=O) groups excluding carboxylic acids is 2. The highest BCUT2D eigenvalue weighted by molar-refractivity contribution is 5.87. The van der Waals surface area contributed by atoms with Crippen molar-refractivity contribution < 1.29 is 23.8 Å². The largest absolute Gasteiger partial charge is 0.493 e. The summed E-state index contributed by atoms with van der Waals surface area (Å²) in [5.74, 6) is -0.0171. The zero-order valence-electron chi connectivity index (χ0n) is 15.4. The fourth-order valence-electron chi connectivity index (χ4n) is 3.22. The summed E-state index contributed by atoms with van der Waals surface area (Å²) in [6, 6.07) is 15.2. The van der Waals surface area contributed by atoms with E-state index in [1.807, 2.05) is 30.3 Å². The molecule has 2 aromatic rings. The Bertz CT molecular complexity index is 805. The Morgan fingerprint density at radius 1 is 1.11 bits per heavy atom. The van der Waals surface area contributed by atoms with Crippen LogP contribution in [0.2, 0.25) is 0 Å². The molecule has 1 saturated heterocycles. The molecule has 0 aliphatic carbocycles. The molecule has 0 aromatic heterocycles. The normalized spacial score (nSPS) is 18.7. The third kappa shape index (κ3) is 4.39. The van der Waals surface area contributed by atoms with E-state index >= 15 is 0 Å². The summed E-state index contributed by atoms with van der Waals surface area (Å²) in [6.07, 6.45) is 0.166. The zero-order valence-corrected chi connectivity index (χ0v) is 15.4. The maximum absolute atomic E-state index is 12.6. The van der Waals surface area contributed by atoms with Crippen LogP contribution in [0.4, 0.5) is 0 Å². The quantitative estimate of drug-likeness (QED) is 0.760. The Morgan fingerprint density at radius 2 is 1.85 bits per heavy atom. The molecule has 2 unspecified atom stereocenters. The molecule has 1 amide bonds. The van der Waals surface area contributed by atoms with Crippen molar-refractivity contribution in [1.82, 2.24) is 5.32 Å².